The summed E-state index contributed by atoms with van der Waals surface area (Å²) in [5.41, 5.74) is 0. The smallest absolute Gasteiger partial charge is 0.339 e. The quantitative estimate of drug-likeness (QED) is 0.317. The molecule has 0 aliphatic heterocycles. The minimum atomic E-state index is -4.10. The molecule has 11 heavy (non-hydrogen) atoms. The van der Waals surface area contributed by atoms with Gasteiger partial charge in [-0.3, -0.25) is 14.7 Å². The molecule has 0 spiro atoms. The van der Waals surface area contributed by atoms with Crippen molar-refractivity contribution in [2.45, 2.75) is 0 Å². The molecular weight excluding hydrogens is 185 g/mol. The summed E-state index contributed by atoms with van der Waals surface area (Å²) in [6.07, 6.45) is -0.598. The molecule has 8 heteroatoms. The molecule has 0 atom stereocenters. The van der Waals surface area contributed by atoms with Crippen molar-refractivity contribution in [1.29, 1.82) is 0 Å². The zero-order valence-corrected chi connectivity index (χ0v) is 8.04. The minimum Gasteiger partial charge on any atom is -0.480 e. The van der Waals surface area contributed by atoms with E-state index in [1.165, 1.54) is 0 Å². The Balaban J connectivity index is 0. The molecule has 0 aromatic heterocycles. The first-order valence-electron chi connectivity index (χ1n) is 2.39. The summed E-state index contributed by atoms with van der Waals surface area (Å²) in [4.78, 5) is 26.1. The van der Waals surface area contributed by atoms with E-state index in [1.807, 2.05) is 0 Å². The second-order valence-electron chi connectivity index (χ2n) is 1.64. The highest BCUT2D eigenvalue weighted by molar-refractivity contribution is 7.51. The number of carbonyl (C=O) groups is 1. The number of rotatable bonds is 4. The lowest BCUT2D eigenvalue weighted by Crippen LogP contribution is -2.23. The van der Waals surface area contributed by atoms with E-state index < -0.39 is 26.4 Å². The minimum absolute atomic E-state index is 0. The van der Waals surface area contributed by atoms with Gasteiger partial charge in [0, 0.05) is 23.1 Å². The average molecular weight is 193 g/mol. The molecule has 0 rings (SSSR count). The van der Waals surface area contributed by atoms with Crippen molar-refractivity contribution >= 4 is 36.6 Å². The third-order valence-electron chi connectivity index (χ3n) is 0.594. The lowest BCUT2D eigenvalue weighted by Gasteiger charge is -2.02. The zero-order chi connectivity index (χ0) is 8.20. The molecule has 0 aliphatic carbocycles. The Kier molecular flexibility index (Phi) is 7.49. The van der Waals surface area contributed by atoms with Crippen molar-refractivity contribution < 1.29 is 24.3 Å². The van der Waals surface area contributed by atoms with Crippen molar-refractivity contribution in [3.05, 3.63) is 0 Å². The molecule has 4 N–H and O–H groups in total. The second kappa shape index (κ2) is 5.93. The van der Waals surface area contributed by atoms with Gasteiger partial charge >= 0.3 is 13.6 Å². The molecule has 2 radical (unpaired) electrons. The Morgan fingerprint density at radius 2 is 1.91 bits per heavy atom. The van der Waals surface area contributed by atoms with E-state index in [-0.39, 0.29) is 23.1 Å². The average Bonchev–Trinajstić information content (AvgIpc) is 1.59. The van der Waals surface area contributed by atoms with Crippen LogP contribution in [-0.2, 0) is 9.36 Å². The van der Waals surface area contributed by atoms with E-state index in [0.717, 1.165) is 0 Å². The third kappa shape index (κ3) is 13.4. The highest BCUT2D eigenvalue weighted by Crippen LogP contribution is 2.31. The van der Waals surface area contributed by atoms with Crippen LogP contribution in [0.2, 0.25) is 0 Å². The molecule has 0 saturated heterocycles. The van der Waals surface area contributed by atoms with Crippen LogP contribution in [0.1, 0.15) is 0 Å². The van der Waals surface area contributed by atoms with Gasteiger partial charge in [0.25, 0.3) is 0 Å². The molecule has 0 unspecified atom stereocenters. The number of hydrogen-bond donors (Lipinski definition) is 4. The lowest BCUT2D eigenvalue weighted by atomic mass is 10.7. The summed E-state index contributed by atoms with van der Waals surface area (Å²) in [6.45, 7) is -0.439. The van der Waals surface area contributed by atoms with Gasteiger partial charge in [0.1, 0.15) is 0 Å². The van der Waals surface area contributed by atoms with Crippen LogP contribution in [-0.4, -0.2) is 56.7 Å². The topological polar surface area (TPSA) is 107 Å². The Hall–Kier alpha value is 0.346. The fourth-order valence-electron chi connectivity index (χ4n) is 0.308. The van der Waals surface area contributed by atoms with Crippen molar-refractivity contribution in [3.8, 4) is 0 Å². The van der Waals surface area contributed by atoms with E-state index >= 15 is 0 Å². The van der Waals surface area contributed by atoms with Gasteiger partial charge in [-0.25, -0.2) is 0 Å². The zero-order valence-electron chi connectivity index (χ0n) is 5.73. The Morgan fingerprint density at radius 3 is 2.18 bits per heavy atom. The summed E-state index contributed by atoms with van der Waals surface area (Å²) in [7, 11) is -4.10. The van der Waals surface area contributed by atoms with E-state index in [1.54, 1.807) is 0 Å². The normalized spacial score (nSPS) is 10.4. The Morgan fingerprint density at radius 1 is 1.45 bits per heavy atom. The van der Waals surface area contributed by atoms with Crippen molar-refractivity contribution in [1.82, 2.24) is 5.32 Å². The number of aliphatic carboxylic acids is 1. The van der Waals surface area contributed by atoms with Crippen molar-refractivity contribution in [2.24, 2.45) is 0 Å². The molecule has 0 aromatic carbocycles. The van der Waals surface area contributed by atoms with Gasteiger partial charge in [-0.1, -0.05) is 0 Å². The largest absolute Gasteiger partial charge is 0.480 e. The monoisotopic (exact) mass is 193 g/mol. The van der Waals surface area contributed by atoms with Gasteiger partial charge in [-0.05, 0) is 0 Å². The SMILES string of the molecule is O=C(O)CNCP(=O)(O)O.[Mg]. The molecule has 0 aliphatic rings. The maximum atomic E-state index is 10.1. The van der Waals surface area contributed by atoms with Gasteiger partial charge in [-0.2, -0.15) is 0 Å². The summed E-state index contributed by atoms with van der Waals surface area (Å²) in [5, 5.41) is 10.1. The Bertz CT molecular complexity index is 167. The maximum absolute atomic E-state index is 10.1. The first-order chi connectivity index (χ1) is 4.42. The summed E-state index contributed by atoms with van der Waals surface area (Å²) in [6, 6.07) is 0. The van der Waals surface area contributed by atoms with Crippen LogP contribution >= 0.6 is 7.60 Å². The summed E-state index contributed by atoms with van der Waals surface area (Å²) in [5.74, 6) is -1.14. The number of carboxylic acid groups (broad SMARTS) is 1. The van der Waals surface area contributed by atoms with Crippen LogP contribution in [0.5, 0.6) is 0 Å². The molecular formula is C3H8MgNO5P. The van der Waals surface area contributed by atoms with Crippen LogP contribution < -0.4 is 5.32 Å². The van der Waals surface area contributed by atoms with E-state index in [4.69, 9.17) is 14.9 Å². The van der Waals surface area contributed by atoms with Gasteiger partial charge < -0.3 is 14.9 Å². The molecule has 0 heterocycles. The fraction of sp³-hybridized carbons (Fsp3) is 0.667. The standard InChI is InChI=1S/C3H8NO5P.Mg/c5-3(6)1-4-2-10(7,8)9;/h4H,1-2H2,(H,5,6)(H2,7,8,9);. The fourth-order valence-corrected chi connectivity index (χ4v) is 0.712. The predicted octanol–water partition coefficient (Wildman–Crippen LogP) is -1.58. The highest BCUT2D eigenvalue weighted by atomic mass is 31.2. The van der Waals surface area contributed by atoms with Gasteiger partial charge in [0.15, 0.2) is 0 Å². The first kappa shape index (κ1) is 13.9. The molecule has 62 valence electrons. The second-order valence-corrected chi connectivity index (χ2v) is 3.29. The van der Waals surface area contributed by atoms with Gasteiger partial charge in [-0.15, -0.1) is 0 Å². The van der Waals surface area contributed by atoms with Crippen LogP contribution in [0.3, 0.4) is 0 Å². The number of nitrogens with one attached hydrogen (secondary N) is 1. The maximum Gasteiger partial charge on any atom is 0.339 e. The van der Waals surface area contributed by atoms with Crippen molar-refractivity contribution in [2.75, 3.05) is 12.8 Å². The number of hydrogen-bond acceptors (Lipinski definition) is 3. The molecule has 0 amide bonds. The van der Waals surface area contributed by atoms with Crippen LogP contribution in [0, 0.1) is 0 Å². The molecule has 0 aromatic rings. The van der Waals surface area contributed by atoms with E-state index in [0.29, 0.717) is 0 Å². The van der Waals surface area contributed by atoms with E-state index in [9.17, 15) is 9.36 Å². The number of carboxylic acids is 1. The molecule has 0 fully saturated rings. The third-order valence-corrected chi connectivity index (χ3v) is 1.23. The van der Waals surface area contributed by atoms with Crippen LogP contribution in [0.4, 0.5) is 0 Å². The molecule has 0 bridgehead atoms. The van der Waals surface area contributed by atoms with Gasteiger partial charge in [0.05, 0.1) is 12.8 Å². The van der Waals surface area contributed by atoms with Crippen LogP contribution in [0.25, 0.3) is 0 Å². The first-order valence-corrected chi connectivity index (χ1v) is 4.18. The lowest BCUT2D eigenvalue weighted by molar-refractivity contribution is -0.135. The predicted molar refractivity (Wildman–Crippen MR) is 38.3 cm³/mol. The highest BCUT2D eigenvalue weighted by Gasteiger charge is 2.11. The summed E-state index contributed by atoms with van der Waals surface area (Å²) < 4.78 is 10.1. The van der Waals surface area contributed by atoms with E-state index in [2.05, 4.69) is 5.32 Å². The van der Waals surface area contributed by atoms with Crippen LogP contribution in [0.15, 0.2) is 0 Å². The molecule has 0 saturated carbocycles. The summed E-state index contributed by atoms with van der Waals surface area (Å²) >= 11 is 0. The molecule has 6 nitrogen and oxygen atoms in total. The van der Waals surface area contributed by atoms with Gasteiger partial charge in [0.2, 0.25) is 0 Å². The Labute approximate surface area is 79.3 Å². The van der Waals surface area contributed by atoms with Crippen molar-refractivity contribution in [3.63, 3.8) is 0 Å².